The number of nitrogens with zero attached hydrogens (tertiary/aromatic N) is 2. The molecule has 0 radical (unpaired) electrons. The van der Waals surface area contributed by atoms with Gasteiger partial charge in [0.1, 0.15) is 11.6 Å². The van der Waals surface area contributed by atoms with Crippen molar-refractivity contribution in [1.82, 2.24) is 9.97 Å². The lowest BCUT2D eigenvalue weighted by Crippen LogP contribution is -2.21. The monoisotopic (exact) mass is 289 g/mol. The first kappa shape index (κ1) is 10.7. The second-order valence-electron chi connectivity index (χ2n) is 4.32. The number of benzene rings is 1. The van der Waals surface area contributed by atoms with Crippen LogP contribution in [0.5, 0.6) is 0 Å². The highest BCUT2D eigenvalue weighted by atomic mass is 79.9. The van der Waals surface area contributed by atoms with Crippen LogP contribution in [0.15, 0.2) is 28.7 Å². The van der Waals surface area contributed by atoms with Crippen molar-refractivity contribution in [2.24, 2.45) is 0 Å². The average molecular weight is 290 g/mol. The first-order valence-corrected chi connectivity index (χ1v) is 6.33. The molecule has 4 heteroatoms. The predicted molar refractivity (Wildman–Crippen MR) is 70.9 cm³/mol. The molecule has 0 saturated carbocycles. The van der Waals surface area contributed by atoms with E-state index in [0.29, 0.717) is 11.7 Å². The number of nitrogens with two attached hydrogens (primary N) is 1. The van der Waals surface area contributed by atoms with Gasteiger partial charge >= 0.3 is 0 Å². The summed E-state index contributed by atoms with van der Waals surface area (Å²) in [5, 5.41) is 0. The van der Waals surface area contributed by atoms with Gasteiger partial charge in [0, 0.05) is 5.92 Å². The second kappa shape index (κ2) is 3.81. The van der Waals surface area contributed by atoms with Crippen molar-refractivity contribution in [3.8, 4) is 0 Å². The maximum Gasteiger partial charge on any atom is 0.141 e. The Hall–Kier alpha value is -1.42. The van der Waals surface area contributed by atoms with Crippen LogP contribution in [0, 0.1) is 6.92 Å². The minimum absolute atomic E-state index is 0.306. The van der Waals surface area contributed by atoms with Gasteiger partial charge in [0.15, 0.2) is 0 Å². The maximum absolute atomic E-state index is 5.86. The molecule has 1 heterocycles. The van der Waals surface area contributed by atoms with E-state index in [9.17, 15) is 0 Å². The molecule has 17 heavy (non-hydrogen) atoms. The summed E-state index contributed by atoms with van der Waals surface area (Å²) in [5.41, 5.74) is 9.48. The van der Waals surface area contributed by atoms with E-state index in [4.69, 9.17) is 5.73 Å². The average Bonchev–Trinajstić information content (AvgIpc) is 2.27. The Morgan fingerprint density at radius 3 is 2.76 bits per heavy atom. The molecule has 0 saturated heterocycles. The number of anilines is 1. The molecule has 2 aromatic rings. The molecule has 1 unspecified atom stereocenters. The number of hydrogen-bond acceptors (Lipinski definition) is 3. The quantitative estimate of drug-likeness (QED) is 0.878. The fraction of sp³-hybridized carbons (Fsp3) is 0.231. The van der Waals surface area contributed by atoms with Gasteiger partial charge in [-0.2, -0.15) is 0 Å². The molecule has 0 spiro atoms. The molecular weight excluding hydrogens is 278 g/mol. The molecule has 0 bridgehead atoms. The van der Waals surface area contributed by atoms with Crippen LogP contribution >= 0.6 is 15.9 Å². The smallest absolute Gasteiger partial charge is 0.141 e. The summed E-state index contributed by atoms with van der Waals surface area (Å²) in [6.45, 7) is 1.94. The second-order valence-corrected chi connectivity index (χ2v) is 5.11. The Bertz CT molecular complexity index is 572. The van der Waals surface area contributed by atoms with Crippen LogP contribution in [0.3, 0.4) is 0 Å². The molecule has 0 amide bonds. The number of fused-ring (bicyclic) bond motifs is 1. The highest BCUT2D eigenvalue weighted by molar-refractivity contribution is 9.10. The largest absolute Gasteiger partial charge is 0.383 e. The van der Waals surface area contributed by atoms with Crippen LogP contribution in [0.1, 0.15) is 28.6 Å². The summed E-state index contributed by atoms with van der Waals surface area (Å²) in [6, 6.07) is 8.42. The first-order valence-electron chi connectivity index (χ1n) is 5.54. The van der Waals surface area contributed by atoms with Crippen molar-refractivity contribution in [2.45, 2.75) is 19.3 Å². The molecule has 86 valence electrons. The van der Waals surface area contributed by atoms with Gasteiger partial charge in [0.25, 0.3) is 0 Å². The van der Waals surface area contributed by atoms with E-state index >= 15 is 0 Å². The van der Waals surface area contributed by atoms with Gasteiger partial charge in [0.05, 0.1) is 10.2 Å². The zero-order chi connectivity index (χ0) is 12.0. The minimum Gasteiger partial charge on any atom is -0.383 e. The molecule has 1 aromatic heterocycles. The zero-order valence-electron chi connectivity index (χ0n) is 9.44. The van der Waals surface area contributed by atoms with E-state index in [2.05, 4.69) is 50.2 Å². The van der Waals surface area contributed by atoms with E-state index in [0.717, 1.165) is 22.4 Å². The number of aryl methyl sites for hydroxylation is 1. The Kier molecular flexibility index (Phi) is 2.40. The molecule has 3 nitrogen and oxygen atoms in total. The van der Waals surface area contributed by atoms with Crippen molar-refractivity contribution in [1.29, 1.82) is 0 Å². The molecule has 1 aliphatic rings. The lowest BCUT2D eigenvalue weighted by atomic mass is 9.77. The van der Waals surface area contributed by atoms with Gasteiger partial charge in [-0.3, -0.25) is 0 Å². The van der Waals surface area contributed by atoms with Gasteiger partial charge < -0.3 is 5.73 Å². The third-order valence-electron chi connectivity index (χ3n) is 3.23. The van der Waals surface area contributed by atoms with Crippen molar-refractivity contribution in [3.63, 3.8) is 0 Å². The van der Waals surface area contributed by atoms with Crippen molar-refractivity contribution < 1.29 is 0 Å². The van der Waals surface area contributed by atoms with E-state index in [1.54, 1.807) is 0 Å². The topological polar surface area (TPSA) is 51.8 Å². The van der Waals surface area contributed by atoms with E-state index < -0.39 is 0 Å². The Labute approximate surface area is 108 Å². The summed E-state index contributed by atoms with van der Waals surface area (Å²) < 4.78 is 0.800. The molecule has 2 N–H and O–H groups in total. The summed E-state index contributed by atoms with van der Waals surface area (Å²) in [7, 11) is 0. The Morgan fingerprint density at radius 1 is 1.29 bits per heavy atom. The number of nitrogen functional groups attached to an aromatic ring is 1. The minimum atomic E-state index is 0.306. The highest BCUT2D eigenvalue weighted by Crippen LogP contribution is 2.39. The van der Waals surface area contributed by atoms with Crippen LogP contribution in [0.2, 0.25) is 0 Å². The molecule has 1 aliphatic carbocycles. The zero-order valence-corrected chi connectivity index (χ0v) is 11.0. The van der Waals surface area contributed by atoms with Gasteiger partial charge in [-0.1, -0.05) is 24.3 Å². The summed E-state index contributed by atoms with van der Waals surface area (Å²) in [4.78, 5) is 8.89. The summed E-state index contributed by atoms with van der Waals surface area (Å²) >= 11 is 3.38. The van der Waals surface area contributed by atoms with Gasteiger partial charge in [-0.15, -0.1) is 0 Å². The fourth-order valence-corrected chi connectivity index (χ4v) is 2.43. The number of hydrogen-bond donors (Lipinski definition) is 1. The number of aromatic nitrogens is 2. The fourth-order valence-electron chi connectivity index (χ4n) is 2.25. The standard InChI is InChI=1S/C13H12BrN3/c1-7-11(14)12(15)17-13(16-7)10-6-8-4-2-3-5-9(8)10/h2-5,10H,6H2,1H3,(H2,15,16,17). The molecule has 1 aromatic carbocycles. The van der Waals surface area contributed by atoms with Gasteiger partial charge in [0.2, 0.25) is 0 Å². The lowest BCUT2D eigenvalue weighted by Gasteiger charge is -2.29. The third kappa shape index (κ3) is 1.63. The van der Waals surface area contributed by atoms with E-state index in [-0.39, 0.29) is 0 Å². The Morgan fingerprint density at radius 2 is 2.06 bits per heavy atom. The van der Waals surface area contributed by atoms with Gasteiger partial charge in [-0.25, -0.2) is 9.97 Å². The van der Waals surface area contributed by atoms with Crippen molar-refractivity contribution in [2.75, 3.05) is 5.73 Å². The molecule has 0 aliphatic heterocycles. The van der Waals surface area contributed by atoms with Crippen LogP contribution in [0.4, 0.5) is 5.82 Å². The number of rotatable bonds is 1. The van der Waals surface area contributed by atoms with Crippen molar-refractivity contribution in [3.05, 3.63) is 51.4 Å². The van der Waals surface area contributed by atoms with Crippen molar-refractivity contribution >= 4 is 21.7 Å². The van der Waals surface area contributed by atoms with E-state index in [1.165, 1.54) is 11.1 Å². The summed E-state index contributed by atoms with van der Waals surface area (Å²) in [5.74, 6) is 1.67. The third-order valence-corrected chi connectivity index (χ3v) is 4.21. The van der Waals surface area contributed by atoms with Crippen LogP contribution in [-0.4, -0.2) is 9.97 Å². The molecule has 0 fully saturated rings. The highest BCUT2D eigenvalue weighted by Gasteiger charge is 2.29. The first-order chi connectivity index (χ1) is 8.16. The summed E-state index contributed by atoms with van der Waals surface area (Å²) in [6.07, 6.45) is 1.01. The number of halogens is 1. The lowest BCUT2D eigenvalue weighted by molar-refractivity contribution is 0.657. The maximum atomic E-state index is 5.86. The normalized spacial score (nSPS) is 17.4. The van der Waals surface area contributed by atoms with Crippen LogP contribution < -0.4 is 5.73 Å². The molecule has 1 atom stereocenters. The molecular formula is C13H12BrN3. The Balaban J connectivity index is 2.03. The SMILES string of the molecule is Cc1nc(C2Cc3ccccc32)nc(N)c1Br. The van der Waals surface area contributed by atoms with Crippen LogP contribution in [-0.2, 0) is 6.42 Å². The van der Waals surface area contributed by atoms with E-state index in [1.807, 2.05) is 6.92 Å². The predicted octanol–water partition coefficient (Wildman–Crippen LogP) is 2.82. The molecule has 3 rings (SSSR count). The van der Waals surface area contributed by atoms with Gasteiger partial charge in [-0.05, 0) is 40.4 Å². The van der Waals surface area contributed by atoms with Crippen LogP contribution in [0.25, 0.3) is 0 Å².